The first-order chi connectivity index (χ1) is 14.8. The summed E-state index contributed by atoms with van der Waals surface area (Å²) in [4.78, 5) is 40.0. The van der Waals surface area contributed by atoms with Gasteiger partial charge in [0.05, 0.1) is 17.2 Å². The normalized spacial score (nSPS) is 33.3. The average molecular weight is 481 g/mol. The van der Waals surface area contributed by atoms with E-state index in [9.17, 15) is 39.9 Å². The van der Waals surface area contributed by atoms with Crippen molar-refractivity contribution in [3.05, 3.63) is 46.2 Å². The van der Waals surface area contributed by atoms with Gasteiger partial charge in [-0.1, -0.05) is 12.1 Å². The number of aromatic hydroxyl groups is 1. The van der Waals surface area contributed by atoms with Crippen LogP contribution in [0.25, 0.3) is 5.76 Å². The van der Waals surface area contributed by atoms with Gasteiger partial charge in [-0.2, -0.15) is 0 Å². The second-order valence-corrected chi connectivity index (χ2v) is 8.96. The number of aliphatic hydroxyl groups is 4. The van der Waals surface area contributed by atoms with E-state index in [-0.39, 0.29) is 30.0 Å². The van der Waals surface area contributed by atoms with Crippen molar-refractivity contribution in [1.29, 1.82) is 0 Å². The lowest BCUT2D eigenvalue weighted by Gasteiger charge is -2.53. The quantitative estimate of drug-likeness (QED) is 0.318. The van der Waals surface area contributed by atoms with Gasteiger partial charge in [0.2, 0.25) is 5.78 Å². The Kier molecular flexibility index (Phi) is 5.66. The maximum absolute atomic E-state index is 13.7. The average Bonchev–Trinajstić information content (AvgIpc) is 2.68. The topological polar surface area (TPSA) is 182 Å². The lowest BCUT2D eigenvalue weighted by Crippen LogP contribution is -2.67. The van der Waals surface area contributed by atoms with Crippen LogP contribution in [0.5, 0.6) is 5.75 Å². The number of carbonyl (C=O) groups is 3. The number of likely N-dealkylation sites (N-methyl/N-ethyl adjacent to an activating group) is 1. The van der Waals surface area contributed by atoms with Crippen LogP contribution in [0.3, 0.4) is 0 Å². The van der Waals surface area contributed by atoms with Gasteiger partial charge in [-0.05, 0) is 39.1 Å². The predicted molar refractivity (Wildman–Crippen MR) is 117 cm³/mol. The molecule has 3 aliphatic carbocycles. The number of benzene rings is 1. The molecule has 1 aromatic carbocycles. The van der Waals surface area contributed by atoms with Crippen LogP contribution >= 0.6 is 12.4 Å². The van der Waals surface area contributed by atoms with Crippen LogP contribution in [0.15, 0.2) is 35.1 Å². The molecule has 33 heavy (non-hydrogen) atoms. The van der Waals surface area contributed by atoms with Gasteiger partial charge in [0.15, 0.2) is 11.4 Å². The predicted octanol–water partition coefficient (Wildman–Crippen LogP) is 0.0508. The molecule has 0 bridgehead atoms. The summed E-state index contributed by atoms with van der Waals surface area (Å²) in [5.74, 6) is -7.90. The van der Waals surface area contributed by atoms with Gasteiger partial charge in [-0.15, -0.1) is 12.4 Å². The molecule has 1 unspecified atom stereocenters. The van der Waals surface area contributed by atoms with Crippen molar-refractivity contribution in [2.45, 2.75) is 30.6 Å². The SMILES string of the molecule is CN(C)[C@H]1C(=O)C(C(N)=O)=C(O)[C@@]2(O)C(=O)C3=C(O)c4c(O)cccc4[C@@](C)(O)C3C[C@@H]12.Cl. The number of halogens is 1. The monoisotopic (exact) mass is 480 g/mol. The minimum atomic E-state index is -2.75. The number of phenolic OH excluding ortho intramolecular Hbond substituents is 1. The number of phenols is 1. The van der Waals surface area contributed by atoms with E-state index in [1.165, 1.54) is 44.1 Å². The zero-order valence-electron chi connectivity index (χ0n) is 18.1. The van der Waals surface area contributed by atoms with Gasteiger partial charge in [-0.3, -0.25) is 19.3 Å². The first-order valence-corrected chi connectivity index (χ1v) is 9.97. The summed E-state index contributed by atoms with van der Waals surface area (Å²) in [5, 5.41) is 54.9. The molecule has 1 saturated carbocycles. The molecule has 0 saturated heterocycles. The van der Waals surface area contributed by atoms with Crippen LogP contribution in [-0.4, -0.2) is 73.6 Å². The second kappa shape index (κ2) is 7.56. The molecule has 5 atom stereocenters. The van der Waals surface area contributed by atoms with Crippen molar-refractivity contribution in [3.63, 3.8) is 0 Å². The molecule has 10 nitrogen and oxygen atoms in total. The fourth-order valence-electron chi connectivity index (χ4n) is 5.50. The van der Waals surface area contributed by atoms with E-state index >= 15 is 0 Å². The van der Waals surface area contributed by atoms with Crippen LogP contribution in [-0.2, 0) is 20.0 Å². The number of carbonyl (C=O) groups excluding carboxylic acids is 3. The highest BCUT2D eigenvalue weighted by molar-refractivity contribution is 6.24. The van der Waals surface area contributed by atoms with E-state index in [4.69, 9.17) is 5.73 Å². The number of rotatable bonds is 2. The minimum Gasteiger partial charge on any atom is -0.508 e. The number of fused-ring (bicyclic) bond motifs is 3. The molecular formula is C22H25ClN2O8. The molecule has 0 radical (unpaired) electrons. The van der Waals surface area contributed by atoms with E-state index in [1.807, 2.05) is 0 Å². The van der Waals surface area contributed by atoms with Crippen molar-refractivity contribution in [3.8, 4) is 5.75 Å². The zero-order chi connectivity index (χ0) is 23.9. The zero-order valence-corrected chi connectivity index (χ0v) is 18.9. The van der Waals surface area contributed by atoms with Crippen molar-refractivity contribution < 1.29 is 39.9 Å². The Bertz CT molecular complexity index is 1160. The van der Waals surface area contributed by atoms with E-state index in [0.29, 0.717) is 0 Å². The van der Waals surface area contributed by atoms with Gasteiger partial charge in [0.1, 0.15) is 22.8 Å². The van der Waals surface area contributed by atoms with Crippen molar-refractivity contribution in [1.82, 2.24) is 4.90 Å². The Morgan fingerprint density at radius 1 is 1.15 bits per heavy atom. The van der Waals surface area contributed by atoms with Crippen LogP contribution < -0.4 is 5.73 Å². The van der Waals surface area contributed by atoms with Crippen molar-refractivity contribution >= 4 is 35.6 Å². The summed E-state index contributed by atoms with van der Waals surface area (Å²) in [7, 11) is 3.01. The molecule has 7 N–H and O–H groups in total. The Hall–Kier alpha value is -2.92. The molecule has 0 aliphatic heterocycles. The van der Waals surface area contributed by atoms with Crippen LogP contribution in [0.1, 0.15) is 24.5 Å². The highest BCUT2D eigenvalue weighted by Crippen LogP contribution is 2.57. The Morgan fingerprint density at radius 3 is 2.30 bits per heavy atom. The van der Waals surface area contributed by atoms with Crippen molar-refractivity contribution in [2.24, 2.45) is 17.6 Å². The number of Topliss-reactive ketones (excluding diaryl/α,β-unsaturated/α-hetero) is 2. The third-order valence-corrected chi connectivity index (χ3v) is 7.02. The molecule has 11 heteroatoms. The number of primary amides is 1. The number of aliphatic hydroxyl groups excluding tert-OH is 2. The number of nitrogens with two attached hydrogens (primary N) is 1. The molecule has 1 aromatic rings. The lowest BCUT2D eigenvalue weighted by molar-refractivity contribution is -0.159. The largest absolute Gasteiger partial charge is 0.508 e. The molecular weight excluding hydrogens is 456 g/mol. The molecule has 1 amide bonds. The maximum atomic E-state index is 13.7. The molecule has 0 spiro atoms. The van der Waals surface area contributed by atoms with Crippen LogP contribution in [0.4, 0.5) is 0 Å². The third-order valence-electron chi connectivity index (χ3n) is 7.02. The van der Waals surface area contributed by atoms with Crippen LogP contribution in [0, 0.1) is 11.8 Å². The Balaban J connectivity index is 0.00000306. The number of amides is 1. The smallest absolute Gasteiger partial charge is 0.255 e. The molecule has 4 rings (SSSR count). The van der Waals surface area contributed by atoms with Crippen LogP contribution in [0.2, 0.25) is 0 Å². The molecule has 3 aliphatic rings. The van der Waals surface area contributed by atoms with Gasteiger partial charge >= 0.3 is 0 Å². The lowest BCUT2D eigenvalue weighted by atomic mass is 9.54. The Morgan fingerprint density at radius 2 is 1.76 bits per heavy atom. The summed E-state index contributed by atoms with van der Waals surface area (Å²) >= 11 is 0. The number of hydrogen-bond acceptors (Lipinski definition) is 9. The van der Waals surface area contributed by atoms with Gasteiger partial charge < -0.3 is 31.3 Å². The maximum Gasteiger partial charge on any atom is 0.255 e. The summed E-state index contributed by atoms with van der Waals surface area (Å²) in [6, 6.07) is 3.02. The number of hydrogen-bond donors (Lipinski definition) is 6. The minimum absolute atomic E-state index is 0. The summed E-state index contributed by atoms with van der Waals surface area (Å²) in [6.45, 7) is 1.40. The standard InChI is InChI=1S/C22H24N2O8.ClH/c1-21(31)8-5-4-6-11(25)12(8)16(26)13-9(21)7-10-15(24(2)3)17(27)14(20(23)30)19(29)22(10,32)18(13)28;/h4-6,9-10,15,25-26,29,31-32H,7H2,1-3H3,(H2,23,30);1H/t9?,10-,15+,21+,22-;/m0./s1. The first-order valence-electron chi connectivity index (χ1n) is 9.97. The molecule has 0 aromatic heterocycles. The Labute approximate surface area is 195 Å². The second-order valence-electron chi connectivity index (χ2n) is 8.96. The van der Waals surface area contributed by atoms with Gasteiger partial charge in [0.25, 0.3) is 5.91 Å². The van der Waals surface area contributed by atoms with Gasteiger partial charge in [-0.25, -0.2) is 0 Å². The van der Waals surface area contributed by atoms with E-state index in [0.717, 1.165) is 0 Å². The fourth-order valence-corrected chi connectivity index (χ4v) is 5.50. The molecule has 178 valence electrons. The highest BCUT2D eigenvalue weighted by Gasteiger charge is 2.66. The third kappa shape index (κ3) is 2.95. The summed E-state index contributed by atoms with van der Waals surface area (Å²) < 4.78 is 0. The molecule has 1 fully saturated rings. The number of ketones is 2. The fraction of sp³-hybridized carbons (Fsp3) is 0.409. The van der Waals surface area contributed by atoms with Gasteiger partial charge in [0, 0.05) is 17.4 Å². The van der Waals surface area contributed by atoms with E-state index in [2.05, 4.69) is 0 Å². The first kappa shape index (κ1) is 24.7. The van der Waals surface area contributed by atoms with E-state index in [1.54, 1.807) is 0 Å². The highest BCUT2D eigenvalue weighted by atomic mass is 35.5. The summed E-state index contributed by atoms with van der Waals surface area (Å²) in [5.41, 5.74) is -0.548. The number of nitrogens with zero attached hydrogens (tertiary/aromatic N) is 1. The van der Waals surface area contributed by atoms with Crippen molar-refractivity contribution in [2.75, 3.05) is 14.1 Å². The molecule has 0 heterocycles. The summed E-state index contributed by atoms with van der Waals surface area (Å²) in [6.07, 6.45) is -0.200. The van der Waals surface area contributed by atoms with E-state index < -0.39 is 75.0 Å².